The van der Waals surface area contributed by atoms with Crippen molar-refractivity contribution in [3.63, 3.8) is 0 Å². The third kappa shape index (κ3) is 4.26. The van der Waals surface area contributed by atoms with E-state index < -0.39 is 0 Å². The number of aromatic nitrogens is 1. The predicted molar refractivity (Wildman–Crippen MR) is 100 cm³/mol. The molecule has 25 heavy (non-hydrogen) atoms. The van der Waals surface area contributed by atoms with E-state index in [1.807, 2.05) is 4.90 Å². The summed E-state index contributed by atoms with van der Waals surface area (Å²) in [6, 6.07) is 1.76. The number of amides is 1. The molecule has 0 spiro atoms. The third-order valence-corrected chi connectivity index (χ3v) is 4.99. The van der Waals surface area contributed by atoms with Crippen LogP contribution in [0.15, 0.2) is 12.3 Å². The van der Waals surface area contributed by atoms with E-state index in [0.29, 0.717) is 23.7 Å². The zero-order valence-corrected chi connectivity index (χ0v) is 16.4. The summed E-state index contributed by atoms with van der Waals surface area (Å²) in [5.74, 6) is 0.754. The van der Waals surface area contributed by atoms with Gasteiger partial charge in [-0.25, -0.2) is 4.98 Å². The summed E-state index contributed by atoms with van der Waals surface area (Å²) in [5.41, 5.74) is 0.00632. The number of piperidine rings is 1. The van der Waals surface area contributed by atoms with Crippen LogP contribution in [0.3, 0.4) is 0 Å². The summed E-state index contributed by atoms with van der Waals surface area (Å²) < 4.78 is 6.12. The number of nitrogens with zero attached hydrogens (tertiary/aromatic N) is 3. The van der Waals surface area contributed by atoms with Crippen LogP contribution in [0.4, 0.5) is 5.82 Å². The number of carbonyl (C=O) groups is 1. The monoisotopic (exact) mass is 365 g/mol. The van der Waals surface area contributed by atoms with E-state index in [1.54, 1.807) is 12.3 Å². The summed E-state index contributed by atoms with van der Waals surface area (Å²) in [6.07, 6.45) is 5.00. The Hall–Kier alpha value is -1.33. The van der Waals surface area contributed by atoms with Crippen molar-refractivity contribution in [2.24, 2.45) is 0 Å². The first-order chi connectivity index (χ1) is 11.7. The molecule has 3 rings (SSSR count). The van der Waals surface area contributed by atoms with Gasteiger partial charge in [0, 0.05) is 32.4 Å². The van der Waals surface area contributed by atoms with E-state index >= 15 is 0 Å². The lowest BCUT2D eigenvalue weighted by atomic mass is 9.99. The predicted octanol–water partition coefficient (Wildman–Crippen LogP) is 3.75. The first kappa shape index (κ1) is 18.5. The van der Waals surface area contributed by atoms with Crippen LogP contribution in [-0.4, -0.2) is 53.2 Å². The number of pyridine rings is 1. The molecule has 0 unspecified atom stereocenters. The molecule has 0 aliphatic carbocycles. The van der Waals surface area contributed by atoms with Crippen LogP contribution in [0.2, 0.25) is 5.02 Å². The van der Waals surface area contributed by atoms with Crippen molar-refractivity contribution >= 4 is 23.3 Å². The maximum absolute atomic E-state index is 12.6. The summed E-state index contributed by atoms with van der Waals surface area (Å²) in [7, 11) is 0. The van der Waals surface area contributed by atoms with Crippen LogP contribution in [-0.2, 0) is 4.74 Å². The average Bonchev–Trinajstić information content (AvgIpc) is 2.52. The molecule has 0 saturated carbocycles. The Morgan fingerprint density at radius 3 is 2.28 bits per heavy atom. The minimum absolute atomic E-state index is 0.0308. The maximum Gasteiger partial charge on any atom is 0.255 e. The molecular weight excluding hydrogens is 338 g/mol. The Bertz CT molecular complexity index is 638. The summed E-state index contributed by atoms with van der Waals surface area (Å²) in [6.45, 7) is 11.4. The smallest absolute Gasteiger partial charge is 0.255 e. The molecule has 2 aliphatic rings. The molecule has 2 aliphatic heterocycles. The quantitative estimate of drug-likeness (QED) is 0.800. The van der Waals surface area contributed by atoms with E-state index in [-0.39, 0.29) is 17.1 Å². The zero-order valence-electron chi connectivity index (χ0n) is 15.6. The van der Waals surface area contributed by atoms with Gasteiger partial charge in [-0.3, -0.25) is 4.79 Å². The average molecular weight is 366 g/mol. The summed E-state index contributed by atoms with van der Waals surface area (Å²) >= 11 is 6.52. The SMILES string of the molecule is CC1(C)CN(c2ncc(C(=O)N3CCCCC3)cc2Cl)CC(C)(C)O1. The summed E-state index contributed by atoms with van der Waals surface area (Å²) in [5, 5.41) is 0.524. The fourth-order valence-corrected chi connectivity index (χ4v) is 4.28. The normalized spacial score (nSPS) is 22.8. The number of carbonyl (C=O) groups excluding carboxylic acids is 1. The molecule has 5 nitrogen and oxygen atoms in total. The van der Waals surface area contributed by atoms with Gasteiger partial charge in [0.2, 0.25) is 0 Å². The van der Waals surface area contributed by atoms with E-state index in [4.69, 9.17) is 16.3 Å². The van der Waals surface area contributed by atoms with Crippen molar-refractivity contribution in [3.05, 3.63) is 22.8 Å². The molecule has 1 aromatic heterocycles. The minimum atomic E-state index is -0.283. The van der Waals surface area contributed by atoms with Gasteiger partial charge in [-0.15, -0.1) is 0 Å². The second-order valence-electron chi connectivity index (χ2n) is 8.36. The van der Waals surface area contributed by atoms with Crippen molar-refractivity contribution in [3.8, 4) is 0 Å². The molecule has 1 aromatic rings. The van der Waals surface area contributed by atoms with Gasteiger partial charge in [0.05, 0.1) is 21.8 Å². The number of anilines is 1. The molecule has 6 heteroatoms. The van der Waals surface area contributed by atoms with Crippen LogP contribution in [0.25, 0.3) is 0 Å². The number of halogens is 1. The van der Waals surface area contributed by atoms with Crippen molar-refractivity contribution in [1.29, 1.82) is 0 Å². The molecule has 2 fully saturated rings. The van der Waals surface area contributed by atoms with Crippen LogP contribution >= 0.6 is 11.6 Å². The second-order valence-corrected chi connectivity index (χ2v) is 8.77. The fraction of sp³-hybridized carbons (Fsp3) is 0.684. The fourth-order valence-electron chi connectivity index (χ4n) is 4.00. The minimum Gasteiger partial charge on any atom is -0.366 e. The molecule has 0 aromatic carbocycles. The molecule has 0 atom stereocenters. The molecule has 3 heterocycles. The van der Waals surface area contributed by atoms with Gasteiger partial charge < -0.3 is 14.5 Å². The molecule has 0 N–H and O–H groups in total. The Labute approximate surface area is 155 Å². The lowest BCUT2D eigenvalue weighted by Crippen LogP contribution is -2.57. The van der Waals surface area contributed by atoms with Crippen LogP contribution in [0.1, 0.15) is 57.3 Å². The highest BCUT2D eigenvalue weighted by Crippen LogP contribution is 2.34. The Balaban J connectivity index is 1.81. The second kappa shape index (κ2) is 6.76. The highest BCUT2D eigenvalue weighted by Gasteiger charge is 2.39. The highest BCUT2D eigenvalue weighted by atomic mass is 35.5. The number of morpholine rings is 1. The van der Waals surface area contributed by atoms with Gasteiger partial charge >= 0.3 is 0 Å². The van der Waals surface area contributed by atoms with Crippen LogP contribution in [0, 0.1) is 0 Å². The van der Waals surface area contributed by atoms with Crippen LogP contribution < -0.4 is 4.90 Å². The molecule has 138 valence electrons. The number of ether oxygens (including phenoxy) is 1. The molecule has 0 radical (unpaired) electrons. The van der Waals surface area contributed by atoms with Gasteiger partial charge in [-0.2, -0.15) is 0 Å². The highest BCUT2D eigenvalue weighted by molar-refractivity contribution is 6.33. The number of hydrogen-bond donors (Lipinski definition) is 0. The lowest BCUT2D eigenvalue weighted by molar-refractivity contribution is -0.133. The Kier molecular flexibility index (Phi) is 5.00. The van der Waals surface area contributed by atoms with Gasteiger partial charge in [-0.05, 0) is 53.0 Å². The maximum atomic E-state index is 12.6. The summed E-state index contributed by atoms with van der Waals surface area (Å²) in [4.78, 5) is 21.2. The van der Waals surface area contributed by atoms with Crippen molar-refractivity contribution in [2.75, 3.05) is 31.1 Å². The van der Waals surface area contributed by atoms with Crippen molar-refractivity contribution in [2.45, 2.75) is 58.2 Å². The molecular formula is C19H28ClN3O2. The standard InChI is InChI=1S/C19H28ClN3O2/c1-18(2)12-23(13-19(3,4)25-18)16-15(20)10-14(11-21-16)17(24)22-8-6-5-7-9-22/h10-11H,5-9,12-13H2,1-4H3. The van der Waals surface area contributed by atoms with Crippen molar-refractivity contribution in [1.82, 2.24) is 9.88 Å². The lowest BCUT2D eigenvalue weighted by Gasteiger charge is -2.47. The first-order valence-electron chi connectivity index (χ1n) is 9.07. The Morgan fingerprint density at radius 1 is 1.12 bits per heavy atom. The number of likely N-dealkylation sites (tertiary alicyclic amines) is 1. The van der Waals surface area contributed by atoms with E-state index in [0.717, 1.165) is 31.7 Å². The molecule has 1 amide bonds. The van der Waals surface area contributed by atoms with Gasteiger partial charge in [0.1, 0.15) is 5.82 Å². The van der Waals surface area contributed by atoms with Gasteiger partial charge in [-0.1, -0.05) is 11.6 Å². The van der Waals surface area contributed by atoms with E-state index in [1.165, 1.54) is 6.42 Å². The third-order valence-electron chi connectivity index (χ3n) is 4.71. The van der Waals surface area contributed by atoms with Crippen molar-refractivity contribution < 1.29 is 9.53 Å². The molecule has 2 saturated heterocycles. The largest absolute Gasteiger partial charge is 0.366 e. The van der Waals surface area contributed by atoms with E-state index in [2.05, 4.69) is 37.6 Å². The van der Waals surface area contributed by atoms with E-state index in [9.17, 15) is 4.79 Å². The topological polar surface area (TPSA) is 45.7 Å². The van der Waals surface area contributed by atoms with Gasteiger partial charge in [0.25, 0.3) is 5.91 Å². The number of hydrogen-bond acceptors (Lipinski definition) is 4. The first-order valence-corrected chi connectivity index (χ1v) is 9.45. The Morgan fingerprint density at radius 2 is 1.72 bits per heavy atom. The van der Waals surface area contributed by atoms with Gasteiger partial charge in [0.15, 0.2) is 0 Å². The number of rotatable bonds is 2. The van der Waals surface area contributed by atoms with Crippen LogP contribution in [0.5, 0.6) is 0 Å². The molecule has 0 bridgehead atoms. The zero-order chi connectivity index (χ0) is 18.2.